The van der Waals surface area contributed by atoms with E-state index in [4.69, 9.17) is 15.2 Å². The first-order chi connectivity index (χ1) is 11.1. The van der Waals surface area contributed by atoms with Crippen LogP contribution in [0.25, 0.3) is 6.08 Å². The number of rotatable bonds is 5. The molecule has 0 fully saturated rings. The summed E-state index contributed by atoms with van der Waals surface area (Å²) in [6.07, 6.45) is 9.00. The van der Waals surface area contributed by atoms with Crippen LogP contribution in [0.15, 0.2) is 29.3 Å². The topological polar surface area (TPSA) is 73.9 Å². The third kappa shape index (κ3) is 4.84. The van der Waals surface area contributed by atoms with Gasteiger partial charge in [0.2, 0.25) is 0 Å². The summed E-state index contributed by atoms with van der Waals surface area (Å²) in [7, 11) is 2.94. The number of benzene rings is 1. The van der Waals surface area contributed by atoms with Crippen molar-refractivity contribution in [2.24, 2.45) is 10.7 Å². The van der Waals surface area contributed by atoms with E-state index in [0.29, 0.717) is 11.3 Å². The van der Waals surface area contributed by atoms with Crippen molar-refractivity contribution in [1.82, 2.24) is 0 Å². The summed E-state index contributed by atoms with van der Waals surface area (Å²) in [6.45, 7) is 0. The first-order valence-corrected chi connectivity index (χ1v) is 7.89. The lowest BCUT2D eigenvalue weighted by Crippen LogP contribution is -2.13. The zero-order valence-electron chi connectivity index (χ0n) is 13.7. The van der Waals surface area contributed by atoms with Gasteiger partial charge in [-0.2, -0.15) is 0 Å². The van der Waals surface area contributed by atoms with Crippen LogP contribution in [-0.4, -0.2) is 32.1 Å². The Morgan fingerprint density at radius 1 is 1.39 bits per heavy atom. The maximum Gasteiger partial charge on any atom is 0.338 e. The second-order valence-electron chi connectivity index (χ2n) is 5.60. The molecular formula is C18H24N2O3. The lowest BCUT2D eigenvalue weighted by Gasteiger charge is -2.09. The molecule has 0 bridgehead atoms. The summed E-state index contributed by atoms with van der Waals surface area (Å²) in [4.78, 5) is 16.4. The molecule has 1 atom stereocenters. The fraction of sp³-hybridized carbons (Fsp3) is 0.444. The van der Waals surface area contributed by atoms with Crippen molar-refractivity contribution in [1.29, 1.82) is 0 Å². The Morgan fingerprint density at radius 2 is 2.22 bits per heavy atom. The van der Waals surface area contributed by atoms with E-state index in [2.05, 4.69) is 4.99 Å². The Hall–Kier alpha value is -2.30. The van der Waals surface area contributed by atoms with Gasteiger partial charge in [0.25, 0.3) is 0 Å². The number of nitrogens with two attached hydrogens (primary N) is 1. The number of methoxy groups -OCH3 is 2. The Morgan fingerprint density at radius 3 is 2.96 bits per heavy atom. The van der Waals surface area contributed by atoms with Crippen molar-refractivity contribution in [2.75, 3.05) is 14.2 Å². The largest absolute Gasteiger partial charge is 0.497 e. The Kier molecular flexibility index (Phi) is 6.20. The molecule has 1 aliphatic rings. The molecule has 5 nitrogen and oxygen atoms in total. The summed E-state index contributed by atoms with van der Waals surface area (Å²) in [5.41, 5.74) is 7.17. The van der Waals surface area contributed by atoms with Gasteiger partial charge in [-0.15, -0.1) is 0 Å². The number of hydrogen-bond acceptors (Lipinski definition) is 5. The van der Waals surface area contributed by atoms with Gasteiger partial charge in [0, 0.05) is 6.42 Å². The predicted molar refractivity (Wildman–Crippen MR) is 91.9 cm³/mol. The number of esters is 1. The number of hydrogen-bond donors (Lipinski definition) is 1. The van der Waals surface area contributed by atoms with Crippen molar-refractivity contribution in [3.63, 3.8) is 0 Å². The van der Waals surface area contributed by atoms with Crippen molar-refractivity contribution >= 4 is 17.9 Å². The molecule has 0 aliphatic carbocycles. The SMILES string of the molecule is COC(=O)c1cc(OC)ccc1C=CCC1CCCCC(N)=N1. The van der Waals surface area contributed by atoms with Gasteiger partial charge in [0.15, 0.2) is 0 Å². The highest BCUT2D eigenvalue weighted by Gasteiger charge is 2.13. The van der Waals surface area contributed by atoms with Gasteiger partial charge in [0.05, 0.1) is 31.7 Å². The van der Waals surface area contributed by atoms with Crippen LogP contribution in [0.3, 0.4) is 0 Å². The Bertz CT molecular complexity index is 608. The van der Waals surface area contributed by atoms with E-state index in [-0.39, 0.29) is 12.0 Å². The molecule has 0 saturated carbocycles. The van der Waals surface area contributed by atoms with Crippen LogP contribution in [0.2, 0.25) is 0 Å². The van der Waals surface area contributed by atoms with E-state index in [1.165, 1.54) is 7.11 Å². The predicted octanol–water partition coefficient (Wildman–Crippen LogP) is 3.18. The quantitative estimate of drug-likeness (QED) is 0.847. The van der Waals surface area contributed by atoms with E-state index in [1.807, 2.05) is 24.3 Å². The molecule has 1 aromatic carbocycles. The molecule has 0 radical (unpaired) electrons. The van der Waals surface area contributed by atoms with E-state index < -0.39 is 0 Å². The smallest absolute Gasteiger partial charge is 0.338 e. The van der Waals surface area contributed by atoms with Gasteiger partial charge in [-0.25, -0.2) is 4.79 Å². The van der Waals surface area contributed by atoms with Gasteiger partial charge in [-0.3, -0.25) is 4.99 Å². The molecule has 0 spiro atoms. The number of carbonyl (C=O) groups excluding carboxylic acids is 1. The zero-order chi connectivity index (χ0) is 16.7. The van der Waals surface area contributed by atoms with Crippen LogP contribution < -0.4 is 10.5 Å². The summed E-state index contributed by atoms with van der Waals surface area (Å²) in [6, 6.07) is 5.60. The second-order valence-corrected chi connectivity index (χ2v) is 5.60. The molecule has 1 heterocycles. The molecule has 0 amide bonds. The normalized spacial score (nSPS) is 18.3. The average Bonchev–Trinajstić information content (AvgIpc) is 2.78. The van der Waals surface area contributed by atoms with Crippen LogP contribution in [-0.2, 0) is 4.74 Å². The molecule has 0 aromatic heterocycles. The molecule has 1 aromatic rings. The minimum absolute atomic E-state index is 0.230. The van der Waals surface area contributed by atoms with Crippen LogP contribution in [0.1, 0.15) is 48.0 Å². The summed E-state index contributed by atoms with van der Waals surface area (Å²) >= 11 is 0. The molecule has 23 heavy (non-hydrogen) atoms. The minimum Gasteiger partial charge on any atom is -0.497 e. The third-order valence-corrected chi connectivity index (χ3v) is 3.94. The van der Waals surface area contributed by atoms with E-state index in [1.54, 1.807) is 13.2 Å². The molecule has 1 unspecified atom stereocenters. The van der Waals surface area contributed by atoms with Crippen molar-refractivity contribution in [2.45, 2.75) is 38.1 Å². The third-order valence-electron chi connectivity index (χ3n) is 3.94. The lowest BCUT2D eigenvalue weighted by atomic mass is 10.0. The van der Waals surface area contributed by atoms with Gasteiger partial charge < -0.3 is 15.2 Å². The average molecular weight is 316 g/mol. The minimum atomic E-state index is -0.375. The number of carbonyl (C=O) groups is 1. The molecule has 124 valence electrons. The maximum absolute atomic E-state index is 11.9. The van der Waals surface area contributed by atoms with Crippen LogP contribution in [0.4, 0.5) is 0 Å². The summed E-state index contributed by atoms with van der Waals surface area (Å²) < 4.78 is 10.0. The van der Waals surface area contributed by atoms with Gasteiger partial charge in [-0.05, 0) is 37.0 Å². The monoisotopic (exact) mass is 316 g/mol. The van der Waals surface area contributed by atoms with Crippen molar-refractivity contribution in [3.8, 4) is 5.75 Å². The van der Waals surface area contributed by atoms with Crippen LogP contribution >= 0.6 is 0 Å². The second kappa shape index (κ2) is 8.36. The molecule has 5 heteroatoms. The lowest BCUT2D eigenvalue weighted by molar-refractivity contribution is 0.0600. The van der Waals surface area contributed by atoms with E-state index >= 15 is 0 Å². The van der Waals surface area contributed by atoms with Crippen LogP contribution in [0, 0.1) is 0 Å². The number of amidine groups is 1. The number of aliphatic imine (C=N–C) groups is 1. The molecule has 0 saturated heterocycles. The zero-order valence-corrected chi connectivity index (χ0v) is 13.7. The highest BCUT2D eigenvalue weighted by molar-refractivity contribution is 5.94. The standard InChI is InChI=1S/C18H24N2O3/c1-22-15-11-10-13(16(12-15)18(21)23-2)6-5-8-14-7-3-4-9-17(19)20-14/h5-6,10-12,14H,3-4,7-9H2,1-2H3,(H2,19,20). The van der Waals surface area contributed by atoms with Gasteiger partial charge in [-0.1, -0.05) is 24.6 Å². The van der Waals surface area contributed by atoms with Crippen molar-refractivity contribution < 1.29 is 14.3 Å². The molecular weight excluding hydrogens is 292 g/mol. The first-order valence-electron chi connectivity index (χ1n) is 7.89. The molecule has 2 N–H and O–H groups in total. The fourth-order valence-electron chi connectivity index (χ4n) is 2.67. The Balaban J connectivity index is 2.12. The summed E-state index contributed by atoms with van der Waals surface area (Å²) in [5, 5.41) is 0. The molecule has 1 aliphatic heterocycles. The summed E-state index contributed by atoms with van der Waals surface area (Å²) in [5.74, 6) is 1.00. The number of ether oxygens (including phenoxy) is 2. The maximum atomic E-state index is 11.9. The molecule has 2 rings (SSSR count). The fourth-order valence-corrected chi connectivity index (χ4v) is 2.67. The Labute approximate surface area is 137 Å². The van der Waals surface area contributed by atoms with E-state index in [9.17, 15) is 4.79 Å². The first kappa shape index (κ1) is 17.1. The van der Waals surface area contributed by atoms with Gasteiger partial charge in [0.1, 0.15) is 5.75 Å². The van der Waals surface area contributed by atoms with Gasteiger partial charge >= 0.3 is 5.97 Å². The van der Waals surface area contributed by atoms with E-state index in [0.717, 1.165) is 43.5 Å². The van der Waals surface area contributed by atoms with Crippen LogP contribution in [0.5, 0.6) is 5.75 Å². The number of nitrogens with zero attached hydrogens (tertiary/aromatic N) is 1. The highest BCUT2D eigenvalue weighted by atomic mass is 16.5. The highest BCUT2D eigenvalue weighted by Crippen LogP contribution is 2.21. The van der Waals surface area contributed by atoms with Crippen molar-refractivity contribution in [3.05, 3.63) is 35.4 Å².